The Morgan fingerprint density at radius 2 is 1.89 bits per heavy atom. The minimum absolute atomic E-state index is 0.831. The van der Waals surface area contributed by atoms with Crippen molar-refractivity contribution in [1.82, 2.24) is 5.32 Å². The molecule has 0 aliphatic heterocycles. The third-order valence-corrected chi connectivity index (χ3v) is 3.01. The molecule has 2 heteroatoms. The summed E-state index contributed by atoms with van der Waals surface area (Å²) in [4.78, 5) is 0. The third-order valence-electron chi connectivity index (χ3n) is 3.01. The standard InChI is InChI=1S/C16H27NO/c1-4-10-17-11-6-5-7-12-18-16-9-8-14(2)13-15(16)3/h8-9,13,17H,4-7,10-12H2,1-3H3. The lowest BCUT2D eigenvalue weighted by Crippen LogP contribution is -2.15. The summed E-state index contributed by atoms with van der Waals surface area (Å²) in [5, 5.41) is 3.42. The second-order valence-electron chi connectivity index (χ2n) is 4.93. The maximum atomic E-state index is 5.80. The van der Waals surface area contributed by atoms with Gasteiger partial charge in [-0.05, 0) is 64.3 Å². The van der Waals surface area contributed by atoms with Crippen LogP contribution in [-0.4, -0.2) is 19.7 Å². The monoisotopic (exact) mass is 249 g/mol. The minimum atomic E-state index is 0.831. The van der Waals surface area contributed by atoms with Crippen molar-refractivity contribution in [3.8, 4) is 5.75 Å². The molecule has 0 aliphatic rings. The molecule has 1 aromatic carbocycles. The Morgan fingerprint density at radius 1 is 1.06 bits per heavy atom. The van der Waals surface area contributed by atoms with Crippen LogP contribution in [0.25, 0.3) is 0 Å². The van der Waals surface area contributed by atoms with E-state index in [-0.39, 0.29) is 0 Å². The van der Waals surface area contributed by atoms with E-state index in [0.29, 0.717) is 0 Å². The summed E-state index contributed by atoms with van der Waals surface area (Å²) < 4.78 is 5.80. The van der Waals surface area contributed by atoms with Crippen molar-refractivity contribution < 1.29 is 4.74 Å². The Bertz CT molecular complexity index is 336. The van der Waals surface area contributed by atoms with Crippen LogP contribution in [-0.2, 0) is 0 Å². The highest BCUT2D eigenvalue weighted by molar-refractivity contribution is 5.35. The lowest BCUT2D eigenvalue weighted by atomic mass is 10.1. The molecule has 0 heterocycles. The van der Waals surface area contributed by atoms with E-state index in [0.717, 1.165) is 31.9 Å². The first kappa shape index (κ1) is 15.0. The fourth-order valence-electron chi connectivity index (χ4n) is 1.97. The normalized spacial score (nSPS) is 10.6. The lowest BCUT2D eigenvalue weighted by molar-refractivity contribution is 0.303. The minimum Gasteiger partial charge on any atom is -0.493 e. The van der Waals surface area contributed by atoms with Crippen LogP contribution >= 0.6 is 0 Å². The van der Waals surface area contributed by atoms with Gasteiger partial charge in [0.15, 0.2) is 0 Å². The molecule has 0 unspecified atom stereocenters. The van der Waals surface area contributed by atoms with E-state index in [9.17, 15) is 0 Å². The number of benzene rings is 1. The van der Waals surface area contributed by atoms with Crippen molar-refractivity contribution in [2.24, 2.45) is 0 Å². The van der Waals surface area contributed by atoms with E-state index in [4.69, 9.17) is 4.74 Å². The Hall–Kier alpha value is -1.02. The maximum absolute atomic E-state index is 5.80. The zero-order valence-corrected chi connectivity index (χ0v) is 12.1. The molecule has 0 amide bonds. The summed E-state index contributed by atoms with van der Waals surface area (Å²) in [6.45, 7) is 9.52. The van der Waals surface area contributed by atoms with Gasteiger partial charge in [0.1, 0.15) is 5.75 Å². The zero-order chi connectivity index (χ0) is 13.2. The first-order valence-corrected chi connectivity index (χ1v) is 7.15. The number of aryl methyl sites for hydroxylation is 2. The lowest BCUT2D eigenvalue weighted by Gasteiger charge is -2.09. The van der Waals surface area contributed by atoms with E-state index >= 15 is 0 Å². The van der Waals surface area contributed by atoms with Crippen LogP contribution in [0.3, 0.4) is 0 Å². The van der Waals surface area contributed by atoms with Gasteiger partial charge in [-0.15, -0.1) is 0 Å². The Balaban J connectivity index is 2.07. The van der Waals surface area contributed by atoms with E-state index in [1.165, 1.54) is 30.4 Å². The molecule has 1 aromatic rings. The van der Waals surface area contributed by atoms with Gasteiger partial charge in [0.25, 0.3) is 0 Å². The molecule has 0 atom stereocenters. The molecular weight excluding hydrogens is 222 g/mol. The van der Waals surface area contributed by atoms with Crippen molar-refractivity contribution in [2.45, 2.75) is 46.5 Å². The topological polar surface area (TPSA) is 21.3 Å². The summed E-state index contributed by atoms with van der Waals surface area (Å²) in [7, 11) is 0. The van der Waals surface area contributed by atoms with Gasteiger partial charge in [0, 0.05) is 0 Å². The average molecular weight is 249 g/mol. The highest BCUT2D eigenvalue weighted by Crippen LogP contribution is 2.18. The van der Waals surface area contributed by atoms with E-state index in [2.05, 4.69) is 44.3 Å². The molecular formula is C16H27NO. The van der Waals surface area contributed by atoms with Gasteiger partial charge >= 0.3 is 0 Å². The SMILES string of the molecule is CCCNCCCCCOc1ccc(C)cc1C. The predicted molar refractivity (Wildman–Crippen MR) is 78.4 cm³/mol. The predicted octanol–water partition coefficient (Wildman–Crippen LogP) is 3.85. The van der Waals surface area contributed by atoms with Gasteiger partial charge in [-0.25, -0.2) is 0 Å². The molecule has 0 radical (unpaired) electrons. The van der Waals surface area contributed by atoms with E-state index in [1.54, 1.807) is 0 Å². The van der Waals surface area contributed by atoms with Crippen molar-refractivity contribution in [1.29, 1.82) is 0 Å². The first-order chi connectivity index (χ1) is 8.74. The number of hydrogen-bond acceptors (Lipinski definition) is 2. The number of rotatable bonds is 9. The fraction of sp³-hybridized carbons (Fsp3) is 0.625. The molecule has 0 bridgehead atoms. The summed E-state index contributed by atoms with van der Waals surface area (Å²) in [5.41, 5.74) is 2.53. The summed E-state index contributed by atoms with van der Waals surface area (Å²) in [6, 6.07) is 6.36. The Morgan fingerprint density at radius 3 is 2.61 bits per heavy atom. The van der Waals surface area contributed by atoms with Crippen LogP contribution < -0.4 is 10.1 Å². The number of unbranched alkanes of at least 4 members (excludes halogenated alkanes) is 2. The van der Waals surface area contributed by atoms with Crippen LogP contribution in [0.15, 0.2) is 18.2 Å². The zero-order valence-electron chi connectivity index (χ0n) is 12.1. The van der Waals surface area contributed by atoms with Crippen LogP contribution in [0, 0.1) is 13.8 Å². The van der Waals surface area contributed by atoms with Crippen LogP contribution in [0.4, 0.5) is 0 Å². The maximum Gasteiger partial charge on any atom is 0.122 e. The number of hydrogen-bond donors (Lipinski definition) is 1. The fourth-order valence-corrected chi connectivity index (χ4v) is 1.97. The Kier molecular flexibility index (Phi) is 7.51. The molecule has 0 saturated carbocycles. The van der Waals surface area contributed by atoms with E-state index in [1.807, 2.05) is 0 Å². The van der Waals surface area contributed by atoms with Gasteiger partial charge in [0.05, 0.1) is 6.61 Å². The summed E-state index contributed by atoms with van der Waals surface area (Å²) in [5.74, 6) is 1.03. The molecule has 0 aromatic heterocycles. The molecule has 102 valence electrons. The van der Waals surface area contributed by atoms with Gasteiger partial charge in [-0.1, -0.05) is 24.6 Å². The first-order valence-electron chi connectivity index (χ1n) is 7.15. The second kappa shape index (κ2) is 8.98. The number of ether oxygens (including phenoxy) is 1. The highest BCUT2D eigenvalue weighted by atomic mass is 16.5. The van der Waals surface area contributed by atoms with Crippen molar-refractivity contribution in [3.05, 3.63) is 29.3 Å². The van der Waals surface area contributed by atoms with Crippen LogP contribution in [0.5, 0.6) is 5.75 Å². The average Bonchev–Trinajstić information content (AvgIpc) is 2.35. The molecule has 0 saturated heterocycles. The largest absolute Gasteiger partial charge is 0.493 e. The molecule has 1 N–H and O–H groups in total. The van der Waals surface area contributed by atoms with Gasteiger partial charge in [0.2, 0.25) is 0 Å². The molecule has 2 nitrogen and oxygen atoms in total. The summed E-state index contributed by atoms with van der Waals surface area (Å²) in [6.07, 6.45) is 4.84. The molecule has 0 spiro atoms. The van der Waals surface area contributed by atoms with Crippen molar-refractivity contribution in [3.63, 3.8) is 0 Å². The Labute approximate surface area is 112 Å². The van der Waals surface area contributed by atoms with Crippen molar-refractivity contribution >= 4 is 0 Å². The van der Waals surface area contributed by atoms with Gasteiger partial charge in [-0.2, -0.15) is 0 Å². The molecule has 18 heavy (non-hydrogen) atoms. The highest BCUT2D eigenvalue weighted by Gasteiger charge is 1.99. The van der Waals surface area contributed by atoms with Gasteiger partial charge < -0.3 is 10.1 Å². The number of nitrogens with one attached hydrogen (secondary N) is 1. The molecule has 1 rings (SSSR count). The van der Waals surface area contributed by atoms with Crippen molar-refractivity contribution in [2.75, 3.05) is 19.7 Å². The van der Waals surface area contributed by atoms with Gasteiger partial charge in [-0.3, -0.25) is 0 Å². The van der Waals surface area contributed by atoms with Crippen LogP contribution in [0.1, 0.15) is 43.7 Å². The summed E-state index contributed by atoms with van der Waals surface area (Å²) >= 11 is 0. The molecule has 0 aliphatic carbocycles. The van der Waals surface area contributed by atoms with E-state index < -0.39 is 0 Å². The van der Waals surface area contributed by atoms with Crippen LogP contribution in [0.2, 0.25) is 0 Å². The smallest absolute Gasteiger partial charge is 0.122 e. The second-order valence-corrected chi connectivity index (χ2v) is 4.93. The molecule has 0 fully saturated rings. The quantitative estimate of drug-likeness (QED) is 0.671. The third kappa shape index (κ3) is 6.06.